The third kappa shape index (κ3) is 2.61. The summed E-state index contributed by atoms with van der Waals surface area (Å²) in [5, 5.41) is 28.1. The Morgan fingerprint density at radius 1 is 1.44 bits per heavy atom. The molecule has 18 heavy (non-hydrogen) atoms. The monoisotopic (exact) mass is 372 g/mol. The first-order chi connectivity index (χ1) is 8.04. The highest BCUT2D eigenvalue weighted by atomic mass is 127. The highest BCUT2D eigenvalue weighted by molar-refractivity contribution is 14.0. The third-order valence-corrected chi connectivity index (χ3v) is 2.54. The van der Waals surface area contributed by atoms with Crippen LogP contribution in [0.15, 0.2) is 11.1 Å². The molecule has 0 unspecified atom stereocenters. The molecular formula is C8H13IN4O5. The molecule has 1 aliphatic rings. The summed E-state index contributed by atoms with van der Waals surface area (Å²) in [5.41, 5.74) is 4.46. The van der Waals surface area contributed by atoms with Gasteiger partial charge in [0.2, 0.25) is 5.95 Å². The average molecular weight is 372 g/mol. The molecule has 5 N–H and O–H groups in total. The molecule has 0 radical (unpaired) electrons. The van der Waals surface area contributed by atoms with E-state index < -0.39 is 36.8 Å². The Hall–Kier alpha value is -0.820. The lowest BCUT2D eigenvalue weighted by Crippen LogP contribution is -2.36. The number of hydrogen-bond donors (Lipinski definition) is 4. The summed E-state index contributed by atoms with van der Waals surface area (Å²) in [7, 11) is 0. The zero-order chi connectivity index (χ0) is 12.6. The van der Waals surface area contributed by atoms with Crippen LogP contribution in [0.2, 0.25) is 0 Å². The number of hydrogen-bond acceptors (Lipinski definition) is 8. The van der Waals surface area contributed by atoms with E-state index in [2.05, 4.69) is 9.97 Å². The van der Waals surface area contributed by atoms with Crippen molar-refractivity contribution in [2.24, 2.45) is 0 Å². The van der Waals surface area contributed by atoms with Crippen LogP contribution in [0.3, 0.4) is 0 Å². The van der Waals surface area contributed by atoms with Crippen LogP contribution in [-0.4, -0.2) is 54.8 Å². The number of rotatable bonds is 2. The smallest absolute Gasteiger partial charge is 0.354 e. The largest absolute Gasteiger partial charge is 0.394 e. The van der Waals surface area contributed by atoms with Crippen molar-refractivity contribution in [3.05, 3.63) is 16.8 Å². The van der Waals surface area contributed by atoms with E-state index in [1.807, 2.05) is 0 Å². The van der Waals surface area contributed by atoms with Crippen molar-refractivity contribution in [3.8, 4) is 0 Å². The van der Waals surface area contributed by atoms with Crippen LogP contribution in [0.4, 0.5) is 5.95 Å². The van der Waals surface area contributed by atoms with E-state index in [0.29, 0.717) is 0 Å². The van der Waals surface area contributed by atoms with E-state index in [0.717, 1.165) is 10.9 Å². The number of anilines is 1. The topological polar surface area (TPSA) is 144 Å². The predicted molar refractivity (Wildman–Crippen MR) is 69.1 cm³/mol. The molecule has 0 aliphatic carbocycles. The molecule has 4 atom stereocenters. The standard InChI is InChI=1S/C8H12N4O5.HI/c9-7-10-2-12(8(16)11-7)6-5(15)4(14)3(1-13)17-6;/h2-6,13-15H,1H2,(H2,9,11,16);1H/t3-,4-,5-,6-;/m1./s1. The lowest BCUT2D eigenvalue weighted by Gasteiger charge is -2.16. The summed E-state index contributed by atoms with van der Waals surface area (Å²) in [4.78, 5) is 18.4. The van der Waals surface area contributed by atoms with Crippen molar-refractivity contribution in [2.75, 3.05) is 12.3 Å². The van der Waals surface area contributed by atoms with Gasteiger partial charge in [-0.2, -0.15) is 4.98 Å². The number of nitrogens with two attached hydrogens (primary N) is 1. The van der Waals surface area contributed by atoms with Gasteiger partial charge in [-0.15, -0.1) is 24.0 Å². The first-order valence-electron chi connectivity index (χ1n) is 4.87. The predicted octanol–water partition coefficient (Wildman–Crippen LogP) is -2.55. The molecule has 0 bridgehead atoms. The Morgan fingerprint density at radius 2 is 2.11 bits per heavy atom. The molecule has 1 aromatic heterocycles. The van der Waals surface area contributed by atoms with E-state index in [1.165, 1.54) is 0 Å². The van der Waals surface area contributed by atoms with E-state index in [-0.39, 0.29) is 29.9 Å². The maximum absolute atomic E-state index is 11.5. The van der Waals surface area contributed by atoms with Crippen LogP contribution < -0.4 is 11.4 Å². The minimum atomic E-state index is -1.35. The second kappa shape index (κ2) is 5.88. The Balaban J connectivity index is 0.00000162. The fourth-order valence-electron chi connectivity index (χ4n) is 1.64. The van der Waals surface area contributed by atoms with Crippen molar-refractivity contribution in [1.29, 1.82) is 0 Å². The molecule has 0 aromatic carbocycles. The minimum absolute atomic E-state index is 0. The van der Waals surface area contributed by atoms with Gasteiger partial charge < -0.3 is 25.8 Å². The Morgan fingerprint density at radius 3 is 2.61 bits per heavy atom. The number of nitrogens with zero attached hydrogens (tertiary/aromatic N) is 3. The van der Waals surface area contributed by atoms with Crippen molar-refractivity contribution in [3.63, 3.8) is 0 Å². The van der Waals surface area contributed by atoms with Gasteiger partial charge in [0.25, 0.3) is 0 Å². The van der Waals surface area contributed by atoms with Crippen molar-refractivity contribution in [1.82, 2.24) is 14.5 Å². The van der Waals surface area contributed by atoms with Gasteiger partial charge in [-0.05, 0) is 0 Å². The summed E-state index contributed by atoms with van der Waals surface area (Å²) < 4.78 is 6.04. The summed E-state index contributed by atoms with van der Waals surface area (Å²) in [6.07, 6.45) is -3.67. The van der Waals surface area contributed by atoms with Gasteiger partial charge >= 0.3 is 5.69 Å². The number of halogens is 1. The highest BCUT2D eigenvalue weighted by Gasteiger charge is 2.43. The molecule has 2 heterocycles. The van der Waals surface area contributed by atoms with E-state index in [1.54, 1.807) is 0 Å². The molecule has 0 spiro atoms. The van der Waals surface area contributed by atoms with Gasteiger partial charge in [-0.3, -0.25) is 4.57 Å². The third-order valence-electron chi connectivity index (χ3n) is 2.54. The SMILES string of the molecule is I.Nc1ncn([C@@H]2O[C@H](CO)[C@@H](O)[C@H]2O)c(=O)n1. The van der Waals surface area contributed by atoms with Crippen LogP contribution in [-0.2, 0) is 4.74 Å². The first kappa shape index (κ1) is 15.2. The molecule has 2 rings (SSSR count). The zero-order valence-corrected chi connectivity index (χ0v) is 11.4. The normalized spacial score (nSPS) is 31.1. The number of aliphatic hydroxyl groups excluding tert-OH is 3. The molecule has 9 nitrogen and oxygen atoms in total. The Kier molecular flexibility index (Phi) is 4.98. The molecule has 1 aromatic rings. The summed E-state index contributed by atoms with van der Waals surface area (Å²) >= 11 is 0. The van der Waals surface area contributed by atoms with Gasteiger partial charge in [0, 0.05) is 0 Å². The van der Waals surface area contributed by atoms with Crippen LogP contribution in [0, 0.1) is 0 Å². The lowest BCUT2D eigenvalue weighted by atomic mass is 10.1. The van der Waals surface area contributed by atoms with Crippen molar-refractivity contribution in [2.45, 2.75) is 24.5 Å². The second-order valence-corrected chi connectivity index (χ2v) is 3.63. The van der Waals surface area contributed by atoms with Gasteiger partial charge in [0.15, 0.2) is 6.23 Å². The molecule has 0 amide bonds. The molecule has 1 saturated heterocycles. The van der Waals surface area contributed by atoms with Crippen molar-refractivity contribution >= 4 is 29.9 Å². The second-order valence-electron chi connectivity index (χ2n) is 3.63. The number of aliphatic hydroxyl groups is 3. The number of nitrogen functional groups attached to an aromatic ring is 1. The van der Waals surface area contributed by atoms with Gasteiger partial charge in [-0.25, -0.2) is 9.78 Å². The lowest BCUT2D eigenvalue weighted by molar-refractivity contribution is -0.0554. The first-order valence-corrected chi connectivity index (χ1v) is 4.87. The number of aromatic nitrogens is 3. The molecule has 1 aliphatic heterocycles. The van der Waals surface area contributed by atoms with Crippen molar-refractivity contribution < 1.29 is 20.1 Å². The maximum atomic E-state index is 11.5. The Bertz CT molecular complexity index is 469. The van der Waals surface area contributed by atoms with Gasteiger partial charge in [-0.1, -0.05) is 0 Å². The average Bonchev–Trinajstić information content (AvgIpc) is 2.57. The molecule has 10 heteroatoms. The van der Waals surface area contributed by atoms with E-state index >= 15 is 0 Å². The Labute approximate surface area is 118 Å². The fourth-order valence-corrected chi connectivity index (χ4v) is 1.64. The molecule has 1 fully saturated rings. The highest BCUT2D eigenvalue weighted by Crippen LogP contribution is 2.27. The molecule has 102 valence electrons. The minimum Gasteiger partial charge on any atom is -0.394 e. The quantitative estimate of drug-likeness (QED) is 0.416. The number of ether oxygens (including phenoxy) is 1. The van der Waals surface area contributed by atoms with Gasteiger partial charge in [0.05, 0.1) is 6.61 Å². The zero-order valence-electron chi connectivity index (χ0n) is 9.08. The van der Waals surface area contributed by atoms with Crippen LogP contribution in [0.5, 0.6) is 0 Å². The van der Waals surface area contributed by atoms with Crippen LogP contribution >= 0.6 is 24.0 Å². The summed E-state index contributed by atoms with van der Waals surface area (Å²) in [6, 6.07) is 0. The van der Waals surface area contributed by atoms with Gasteiger partial charge in [0.1, 0.15) is 24.6 Å². The van der Waals surface area contributed by atoms with Crippen LogP contribution in [0.1, 0.15) is 6.23 Å². The summed E-state index contributed by atoms with van der Waals surface area (Å²) in [6.45, 7) is -0.473. The van der Waals surface area contributed by atoms with Crippen LogP contribution in [0.25, 0.3) is 0 Å². The van der Waals surface area contributed by atoms with E-state index in [4.69, 9.17) is 15.6 Å². The molecular weight excluding hydrogens is 359 g/mol. The molecule has 0 saturated carbocycles. The fraction of sp³-hybridized carbons (Fsp3) is 0.625. The summed E-state index contributed by atoms with van der Waals surface area (Å²) in [5.74, 6) is -0.196. The maximum Gasteiger partial charge on any atom is 0.354 e. The van der Waals surface area contributed by atoms with E-state index in [9.17, 15) is 15.0 Å².